The normalized spacial score (nSPS) is 30.4. The maximum absolute atomic E-state index is 12.8. The molecule has 0 aliphatic carbocycles. The average molecular weight is 358 g/mol. The van der Waals surface area contributed by atoms with E-state index in [2.05, 4.69) is 34.0 Å². The first-order chi connectivity index (χ1) is 10.7. The Bertz CT molecular complexity index is 595. The highest BCUT2D eigenvalue weighted by atomic mass is 35.5. The van der Waals surface area contributed by atoms with E-state index in [1.54, 1.807) is 0 Å². The predicted octanol–water partition coefficient (Wildman–Crippen LogP) is -1.00. The van der Waals surface area contributed by atoms with Gasteiger partial charge in [-0.05, 0) is 12.0 Å². The minimum Gasteiger partial charge on any atom is -1.00 e. The van der Waals surface area contributed by atoms with Crippen molar-refractivity contribution in [3.05, 3.63) is 35.4 Å². The fourth-order valence-corrected chi connectivity index (χ4v) is 5.96. The number of fused-ring (bicyclic) bond motifs is 1. The summed E-state index contributed by atoms with van der Waals surface area (Å²) in [6.07, 6.45) is 2.12. The Balaban J connectivity index is 0.00000156. The Morgan fingerprint density at radius 3 is 2.57 bits per heavy atom. The lowest BCUT2D eigenvalue weighted by Gasteiger charge is -2.48. The molecule has 23 heavy (non-hydrogen) atoms. The zero-order valence-electron chi connectivity index (χ0n) is 13.4. The maximum Gasteiger partial charge on any atom is 0.343 e. The Labute approximate surface area is 144 Å². The first-order valence-corrected chi connectivity index (χ1v) is 9.94. The molecule has 0 aromatic heterocycles. The minimum atomic E-state index is -2.75. The molecule has 1 N–H and O–H groups in total. The van der Waals surface area contributed by atoms with E-state index in [1.165, 1.54) is 24.1 Å². The maximum atomic E-state index is 12.8. The zero-order chi connectivity index (χ0) is 15.0. The molecule has 2 saturated heterocycles. The van der Waals surface area contributed by atoms with Crippen LogP contribution in [-0.4, -0.2) is 55.0 Å². The van der Waals surface area contributed by atoms with E-state index in [0.29, 0.717) is 6.61 Å². The molecule has 1 aromatic rings. The van der Waals surface area contributed by atoms with Gasteiger partial charge < -0.3 is 21.4 Å². The molecule has 3 aliphatic rings. The number of hydrogen-bond donors (Lipinski definition) is 1. The number of hydrogen-bond acceptors (Lipinski definition) is 2. The molecule has 3 aliphatic heterocycles. The molecule has 0 bridgehead atoms. The van der Waals surface area contributed by atoms with Crippen LogP contribution in [0.3, 0.4) is 0 Å². The van der Waals surface area contributed by atoms with Crippen molar-refractivity contribution in [1.29, 1.82) is 0 Å². The summed E-state index contributed by atoms with van der Waals surface area (Å²) < 4.78 is 21.7. The number of nitrogens with one attached hydrogen (secondary N) is 1. The molecule has 5 nitrogen and oxygen atoms in total. The smallest absolute Gasteiger partial charge is 0.343 e. The summed E-state index contributed by atoms with van der Waals surface area (Å²) in [5, 5.41) is 3.12. The van der Waals surface area contributed by atoms with E-state index < -0.39 is 7.67 Å². The number of halogens is 1. The first-order valence-electron chi connectivity index (χ1n) is 8.36. The third-order valence-corrected chi connectivity index (χ3v) is 7.72. The highest BCUT2D eigenvalue weighted by molar-refractivity contribution is 7.54. The van der Waals surface area contributed by atoms with Gasteiger partial charge in [-0.25, -0.2) is 9.76 Å². The summed E-state index contributed by atoms with van der Waals surface area (Å²) >= 11 is 0. The summed E-state index contributed by atoms with van der Waals surface area (Å²) in [4.78, 5) is 0. The van der Waals surface area contributed by atoms with Gasteiger partial charge in [-0.2, -0.15) is 0 Å². The molecular weight excluding hydrogens is 333 g/mol. The van der Waals surface area contributed by atoms with Crippen molar-refractivity contribution in [3.8, 4) is 0 Å². The van der Waals surface area contributed by atoms with E-state index in [1.807, 2.05) is 0 Å². The van der Waals surface area contributed by atoms with Crippen molar-refractivity contribution < 1.29 is 26.0 Å². The van der Waals surface area contributed by atoms with Gasteiger partial charge in [0.1, 0.15) is 6.54 Å². The van der Waals surface area contributed by atoms with Crippen LogP contribution in [0.5, 0.6) is 0 Å². The van der Waals surface area contributed by atoms with Crippen LogP contribution < -0.4 is 17.5 Å². The number of rotatable bonds is 1. The minimum absolute atomic E-state index is 0. The van der Waals surface area contributed by atoms with Gasteiger partial charge in [0, 0.05) is 18.5 Å². The Morgan fingerprint density at radius 2 is 1.87 bits per heavy atom. The summed E-state index contributed by atoms with van der Waals surface area (Å²) in [6.45, 7) is 7.65. The van der Waals surface area contributed by atoms with Crippen molar-refractivity contribution in [2.75, 3.05) is 45.9 Å². The van der Waals surface area contributed by atoms with Gasteiger partial charge in [-0.1, -0.05) is 24.3 Å². The molecule has 1 unspecified atom stereocenters. The third kappa shape index (κ3) is 3.37. The fourth-order valence-electron chi connectivity index (χ4n) is 3.99. The fraction of sp³-hybridized carbons (Fsp3) is 0.625. The van der Waals surface area contributed by atoms with E-state index >= 15 is 0 Å². The van der Waals surface area contributed by atoms with Gasteiger partial charge in [0.05, 0.1) is 39.3 Å². The highest BCUT2D eigenvalue weighted by Crippen LogP contribution is 2.49. The SMILES string of the molecule is O=P1(N2CC[N+]3(CCc4ccccc4C3)CC2)NCCCO1.[Cl-]. The molecule has 4 rings (SSSR count). The summed E-state index contributed by atoms with van der Waals surface area (Å²) in [7, 11) is -2.75. The molecular formula is C16H25ClN3O2P. The lowest BCUT2D eigenvalue weighted by molar-refractivity contribution is -0.945. The van der Waals surface area contributed by atoms with Gasteiger partial charge >= 0.3 is 7.67 Å². The molecule has 1 atom stereocenters. The number of benzene rings is 1. The quantitative estimate of drug-likeness (QED) is 0.517. The van der Waals surface area contributed by atoms with Gasteiger partial charge in [0.2, 0.25) is 0 Å². The summed E-state index contributed by atoms with van der Waals surface area (Å²) in [5.74, 6) is 0. The van der Waals surface area contributed by atoms with Crippen LogP contribution in [-0.2, 0) is 22.1 Å². The highest BCUT2D eigenvalue weighted by Gasteiger charge is 2.42. The van der Waals surface area contributed by atoms with Crippen molar-refractivity contribution in [1.82, 2.24) is 9.76 Å². The van der Waals surface area contributed by atoms with Crippen LogP contribution in [0.4, 0.5) is 0 Å². The summed E-state index contributed by atoms with van der Waals surface area (Å²) in [5.41, 5.74) is 3.01. The van der Waals surface area contributed by atoms with Crippen LogP contribution in [0.2, 0.25) is 0 Å². The standard InChI is InChI=1S/C16H25N3O2P.ClH/c20-22(17-7-3-13-21-22)18-8-11-19(12-9-18)10-6-15-4-1-2-5-16(15)14-19;/h1-2,4-5H,3,6-14H2,(H,17,20);1H/q+1;/p-1. The number of quaternary nitrogens is 1. The first kappa shape index (κ1) is 17.4. The average Bonchev–Trinajstić information content (AvgIpc) is 2.56. The zero-order valence-corrected chi connectivity index (χ0v) is 15.1. The molecule has 7 heteroatoms. The third-order valence-electron chi connectivity index (χ3n) is 5.42. The second-order valence-corrected chi connectivity index (χ2v) is 8.94. The van der Waals surface area contributed by atoms with Crippen LogP contribution in [0.15, 0.2) is 24.3 Å². The topological polar surface area (TPSA) is 41.6 Å². The van der Waals surface area contributed by atoms with Crippen LogP contribution >= 0.6 is 7.67 Å². The molecule has 2 fully saturated rings. The summed E-state index contributed by atoms with van der Waals surface area (Å²) in [6, 6.07) is 8.83. The van der Waals surface area contributed by atoms with Gasteiger partial charge in [-0.15, -0.1) is 0 Å². The van der Waals surface area contributed by atoms with Crippen LogP contribution in [0, 0.1) is 0 Å². The Kier molecular flexibility index (Phi) is 5.17. The largest absolute Gasteiger partial charge is 1.00 e. The number of nitrogens with zero attached hydrogens (tertiary/aromatic N) is 2. The van der Waals surface area contributed by atoms with Crippen LogP contribution in [0.1, 0.15) is 17.5 Å². The van der Waals surface area contributed by atoms with E-state index in [9.17, 15) is 4.57 Å². The molecule has 128 valence electrons. The molecule has 1 aromatic carbocycles. The van der Waals surface area contributed by atoms with Crippen molar-refractivity contribution in [2.24, 2.45) is 0 Å². The monoisotopic (exact) mass is 357 g/mol. The molecule has 0 amide bonds. The van der Waals surface area contributed by atoms with Crippen molar-refractivity contribution in [3.63, 3.8) is 0 Å². The molecule has 3 heterocycles. The molecule has 0 radical (unpaired) electrons. The number of piperazine rings is 1. The van der Waals surface area contributed by atoms with E-state index in [-0.39, 0.29) is 12.4 Å². The Morgan fingerprint density at radius 1 is 1.13 bits per heavy atom. The lowest BCUT2D eigenvalue weighted by atomic mass is 9.97. The Hall–Kier alpha value is -0.420. The second kappa shape index (κ2) is 6.83. The van der Waals surface area contributed by atoms with Gasteiger partial charge in [0.25, 0.3) is 0 Å². The molecule has 1 spiro atoms. The second-order valence-electron chi connectivity index (χ2n) is 6.76. The van der Waals surface area contributed by atoms with Crippen molar-refractivity contribution >= 4 is 7.67 Å². The van der Waals surface area contributed by atoms with Gasteiger partial charge in [0.15, 0.2) is 0 Å². The predicted molar refractivity (Wildman–Crippen MR) is 86.5 cm³/mol. The lowest BCUT2D eigenvalue weighted by Crippen LogP contribution is -3.00. The van der Waals surface area contributed by atoms with Gasteiger partial charge in [-0.3, -0.25) is 4.57 Å². The van der Waals surface area contributed by atoms with E-state index in [0.717, 1.165) is 50.2 Å². The van der Waals surface area contributed by atoms with Crippen molar-refractivity contribution in [2.45, 2.75) is 19.4 Å². The molecule has 0 saturated carbocycles. The van der Waals surface area contributed by atoms with E-state index in [4.69, 9.17) is 4.52 Å². The van der Waals surface area contributed by atoms with Crippen LogP contribution in [0.25, 0.3) is 0 Å².